The average molecular weight is 514 g/mol. The second kappa shape index (κ2) is 16.1. The van der Waals surface area contributed by atoms with Crippen molar-refractivity contribution in [1.82, 2.24) is 0 Å². The lowest BCUT2D eigenvalue weighted by Gasteiger charge is -2.13. The van der Waals surface area contributed by atoms with E-state index in [1.807, 2.05) is 0 Å². The molecule has 2 atom stereocenters. The maximum atomic E-state index is 11.9. The van der Waals surface area contributed by atoms with E-state index in [1.54, 1.807) is 60.7 Å². The third-order valence-corrected chi connectivity index (χ3v) is 6.88. The summed E-state index contributed by atoms with van der Waals surface area (Å²) in [5, 5.41) is 0. The Kier molecular flexibility index (Phi) is 13.5. The predicted octanol–water partition coefficient (Wildman–Crippen LogP) is 7.28. The van der Waals surface area contributed by atoms with Gasteiger partial charge >= 0.3 is 15.6 Å². The number of hydrogen-bond donors (Lipinski definition) is 2. The summed E-state index contributed by atoms with van der Waals surface area (Å²) in [6.45, 7) is 0.389. The van der Waals surface area contributed by atoms with E-state index in [-0.39, 0.29) is 13.2 Å². The Labute approximate surface area is 202 Å². The summed E-state index contributed by atoms with van der Waals surface area (Å²) in [5.41, 5.74) is 0. The molecule has 0 heterocycles. The minimum atomic E-state index is -4.07. The van der Waals surface area contributed by atoms with E-state index < -0.39 is 15.6 Å². The minimum Gasteiger partial charge on any atom is -0.404 e. The molecule has 190 valence electrons. The molecule has 2 rings (SSSR count). The van der Waals surface area contributed by atoms with Crippen molar-refractivity contribution in [2.45, 2.75) is 64.2 Å². The molecule has 0 amide bonds. The largest absolute Gasteiger partial charge is 0.527 e. The second-order valence-corrected chi connectivity index (χ2v) is 10.7. The third-order valence-electron chi connectivity index (χ3n) is 4.98. The smallest absolute Gasteiger partial charge is 0.404 e. The van der Waals surface area contributed by atoms with Crippen LogP contribution >= 0.6 is 15.6 Å². The number of benzene rings is 2. The van der Waals surface area contributed by atoms with Crippen LogP contribution < -0.4 is 9.05 Å². The van der Waals surface area contributed by atoms with Crippen LogP contribution in [0.4, 0.5) is 0 Å². The van der Waals surface area contributed by atoms with E-state index in [0.29, 0.717) is 24.3 Å². The fraction of sp³-hybridized carbons (Fsp3) is 0.500. The first-order chi connectivity index (χ1) is 16.4. The van der Waals surface area contributed by atoms with Gasteiger partial charge in [0.1, 0.15) is 11.5 Å². The number of rotatable bonds is 19. The Morgan fingerprint density at radius 3 is 1.12 bits per heavy atom. The van der Waals surface area contributed by atoms with Gasteiger partial charge in [0.2, 0.25) is 0 Å². The molecule has 0 bridgehead atoms. The Balaban J connectivity index is 1.36. The van der Waals surface area contributed by atoms with E-state index in [0.717, 1.165) is 51.4 Å². The molecule has 0 aliphatic heterocycles. The number of hydrogen-bond acceptors (Lipinski definition) is 6. The van der Waals surface area contributed by atoms with Gasteiger partial charge in [-0.2, -0.15) is 0 Å². The maximum Gasteiger partial charge on any atom is 0.527 e. The summed E-state index contributed by atoms with van der Waals surface area (Å²) in [5.74, 6) is 0.623. The minimum absolute atomic E-state index is 0.194. The second-order valence-electron chi connectivity index (χ2n) is 7.95. The first kappa shape index (κ1) is 28.6. The molecule has 2 aromatic carbocycles. The Morgan fingerprint density at radius 1 is 0.500 bits per heavy atom. The van der Waals surface area contributed by atoms with Gasteiger partial charge in [0, 0.05) is 0 Å². The summed E-state index contributed by atoms with van der Waals surface area (Å²) in [6, 6.07) is 16.9. The van der Waals surface area contributed by atoms with Crippen LogP contribution in [0, 0.1) is 0 Å². The van der Waals surface area contributed by atoms with Crippen LogP contribution in [0.15, 0.2) is 60.7 Å². The van der Waals surface area contributed by atoms with Crippen molar-refractivity contribution in [3.63, 3.8) is 0 Å². The van der Waals surface area contributed by atoms with E-state index in [1.165, 1.54) is 0 Å². The van der Waals surface area contributed by atoms with Gasteiger partial charge in [0.05, 0.1) is 13.2 Å². The zero-order chi connectivity index (χ0) is 24.5. The molecule has 2 aromatic rings. The van der Waals surface area contributed by atoms with Crippen molar-refractivity contribution < 1.29 is 37.0 Å². The van der Waals surface area contributed by atoms with Crippen molar-refractivity contribution in [2.75, 3.05) is 13.2 Å². The zero-order valence-corrected chi connectivity index (χ0v) is 21.3. The van der Waals surface area contributed by atoms with Crippen LogP contribution in [0.25, 0.3) is 0 Å². The van der Waals surface area contributed by atoms with Gasteiger partial charge in [0.25, 0.3) is 0 Å². The van der Waals surface area contributed by atoms with Gasteiger partial charge in [-0.05, 0) is 37.1 Å². The lowest BCUT2D eigenvalue weighted by molar-refractivity contribution is 0.197. The van der Waals surface area contributed by atoms with Gasteiger partial charge in [-0.15, -0.1) is 0 Å². The van der Waals surface area contributed by atoms with E-state index in [4.69, 9.17) is 18.1 Å². The van der Waals surface area contributed by atoms with Crippen molar-refractivity contribution in [1.29, 1.82) is 0 Å². The molecule has 2 N–H and O–H groups in total. The molecular formula is C24H36O8P2. The summed E-state index contributed by atoms with van der Waals surface area (Å²) >= 11 is 0. The van der Waals surface area contributed by atoms with E-state index in [2.05, 4.69) is 0 Å². The Morgan fingerprint density at radius 2 is 0.794 bits per heavy atom. The van der Waals surface area contributed by atoms with Crippen LogP contribution in [0.1, 0.15) is 64.2 Å². The van der Waals surface area contributed by atoms with Crippen LogP contribution in [-0.2, 0) is 18.2 Å². The molecular weight excluding hydrogens is 478 g/mol. The lowest BCUT2D eigenvalue weighted by atomic mass is 10.1. The monoisotopic (exact) mass is 514 g/mol. The van der Waals surface area contributed by atoms with Crippen LogP contribution in [-0.4, -0.2) is 23.0 Å². The average Bonchev–Trinajstić information content (AvgIpc) is 2.80. The summed E-state index contributed by atoms with van der Waals surface area (Å²) in [7, 11) is -8.14. The quantitative estimate of drug-likeness (QED) is 0.149. The van der Waals surface area contributed by atoms with E-state index >= 15 is 0 Å². The van der Waals surface area contributed by atoms with Crippen LogP contribution in [0.3, 0.4) is 0 Å². The van der Waals surface area contributed by atoms with Gasteiger partial charge in [-0.1, -0.05) is 87.8 Å². The lowest BCUT2D eigenvalue weighted by Crippen LogP contribution is -1.99. The summed E-state index contributed by atoms with van der Waals surface area (Å²) in [6.07, 6.45) is 9.93. The zero-order valence-electron chi connectivity index (χ0n) is 19.5. The predicted molar refractivity (Wildman–Crippen MR) is 132 cm³/mol. The summed E-state index contributed by atoms with van der Waals surface area (Å²) < 4.78 is 43.8. The SMILES string of the molecule is O=P(O)(OCCCCCCCCCCCCOP(=O)(O)Oc1ccccc1)Oc1ccccc1. The molecule has 0 radical (unpaired) electrons. The van der Waals surface area contributed by atoms with Crippen molar-refractivity contribution in [3.05, 3.63) is 60.7 Å². The first-order valence-electron chi connectivity index (χ1n) is 11.8. The number of phosphoric acid groups is 2. The van der Waals surface area contributed by atoms with Gasteiger partial charge in [-0.25, -0.2) is 9.13 Å². The summed E-state index contributed by atoms with van der Waals surface area (Å²) in [4.78, 5) is 19.4. The molecule has 0 saturated heterocycles. The molecule has 0 aliphatic carbocycles. The van der Waals surface area contributed by atoms with Crippen molar-refractivity contribution in [2.24, 2.45) is 0 Å². The maximum absolute atomic E-state index is 11.9. The number of unbranched alkanes of at least 4 members (excludes halogenated alkanes) is 9. The standard InChI is InChI=1S/C24H36O8P2/c25-33(26,31-23-17-11-9-12-18-23)29-21-15-7-5-3-1-2-4-6-8-16-22-30-34(27,28)32-24-19-13-10-14-20-24/h9-14,17-20H,1-8,15-16,21-22H2,(H,25,26)(H,27,28). The molecule has 34 heavy (non-hydrogen) atoms. The number of phosphoric ester groups is 2. The highest BCUT2D eigenvalue weighted by molar-refractivity contribution is 7.48. The molecule has 0 saturated carbocycles. The molecule has 0 fully saturated rings. The first-order valence-corrected chi connectivity index (χ1v) is 14.8. The molecule has 0 aromatic heterocycles. The van der Waals surface area contributed by atoms with Crippen molar-refractivity contribution in [3.8, 4) is 11.5 Å². The fourth-order valence-electron chi connectivity index (χ4n) is 3.26. The molecule has 8 nitrogen and oxygen atoms in total. The van der Waals surface area contributed by atoms with Gasteiger partial charge in [0.15, 0.2) is 0 Å². The molecule has 0 aliphatic rings. The Hall–Kier alpha value is -1.66. The topological polar surface area (TPSA) is 112 Å². The number of para-hydroxylation sites is 2. The molecule has 10 heteroatoms. The van der Waals surface area contributed by atoms with Crippen molar-refractivity contribution >= 4 is 15.6 Å². The van der Waals surface area contributed by atoms with E-state index in [9.17, 15) is 18.9 Å². The third kappa shape index (κ3) is 13.9. The highest BCUT2D eigenvalue weighted by Crippen LogP contribution is 2.44. The normalized spacial score (nSPS) is 14.8. The highest BCUT2D eigenvalue weighted by atomic mass is 31.2. The fourth-order valence-corrected chi connectivity index (χ4v) is 4.86. The molecule has 0 spiro atoms. The Bertz CT molecular complexity index is 806. The van der Waals surface area contributed by atoms with Crippen LogP contribution in [0.2, 0.25) is 0 Å². The van der Waals surface area contributed by atoms with Gasteiger partial charge < -0.3 is 9.05 Å². The molecule has 2 unspecified atom stereocenters. The highest BCUT2D eigenvalue weighted by Gasteiger charge is 2.23. The van der Waals surface area contributed by atoms with Gasteiger partial charge in [-0.3, -0.25) is 18.8 Å². The van der Waals surface area contributed by atoms with Crippen LogP contribution in [0.5, 0.6) is 11.5 Å².